The van der Waals surface area contributed by atoms with Gasteiger partial charge in [0, 0.05) is 5.75 Å². The van der Waals surface area contributed by atoms with Crippen LogP contribution in [0.4, 0.5) is 10.1 Å². The first-order chi connectivity index (χ1) is 8.72. The molecule has 1 N–H and O–H groups in total. The zero-order chi connectivity index (χ0) is 12.5. The SMILES string of the molecule is Fc1ccc(NC2=NC3CCCC3CS2)c(Cl)c1. The molecule has 2 atom stereocenters. The van der Waals surface area contributed by atoms with Crippen molar-refractivity contribution in [2.45, 2.75) is 25.3 Å². The molecule has 96 valence electrons. The summed E-state index contributed by atoms with van der Waals surface area (Å²) >= 11 is 7.73. The quantitative estimate of drug-likeness (QED) is 0.837. The lowest BCUT2D eigenvalue weighted by Gasteiger charge is -2.23. The summed E-state index contributed by atoms with van der Waals surface area (Å²) in [5, 5.41) is 4.51. The molecule has 1 saturated carbocycles. The van der Waals surface area contributed by atoms with Crippen LogP contribution in [0, 0.1) is 11.7 Å². The van der Waals surface area contributed by atoms with Crippen LogP contribution < -0.4 is 5.32 Å². The molecule has 1 fully saturated rings. The van der Waals surface area contributed by atoms with E-state index in [4.69, 9.17) is 16.6 Å². The molecule has 1 aromatic carbocycles. The fourth-order valence-electron chi connectivity index (χ4n) is 2.53. The Bertz CT molecular complexity index is 492. The number of rotatable bonds is 1. The second-order valence-electron chi connectivity index (χ2n) is 4.75. The third-order valence-electron chi connectivity index (χ3n) is 3.51. The van der Waals surface area contributed by atoms with Gasteiger partial charge in [0.1, 0.15) is 5.82 Å². The van der Waals surface area contributed by atoms with Gasteiger partial charge >= 0.3 is 0 Å². The van der Waals surface area contributed by atoms with Crippen molar-refractivity contribution in [3.05, 3.63) is 29.0 Å². The maximum atomic E-state index is 13.0. The summed E-state index contributed by atoms with van der Waals surface area (Å²) in [6.07, 6.45) is 3.77. The number of nitrogens with one attached hydrogen (secondary N) is 1. The topological polar surface area (TPSA) is 24.4 Å². The average molecular weight is 285 g/mol. The summed E-state index contributed by atoms with van der Waals surface area (Å²) in [4.78, 5) is 4.72. The predicted octanol–water partition coefficient (Wildman–Crippen LogP) is 4.16. The fraction of sp³-hybridized carbons (Fsp3) is 0.462. The van der Waals surface area contributed by atoms with Gasteiger partial charge in [-0.25, -0.2) is 4.39 Å². The number of hydrogen-bond donors (Lipinski definition) is 1. The van der Waals surface area contributed by atoms with E-state index in [0.717, 1.165) is 22.5 Å². The first-order valence-electron chi connectivity index (χ1n) is 6.15. The molecular weight excluding hydrogens is 271 g/mol. The van der Waals surface area contributed by atoms with E-state index < -0.39 is 0 Å². The molecule has 0 radical (unpaired) electrons. The second kappa shape index (κ2) is 5.10. The number of halogens is 2. The number of benzene rings is 1. The van der Waals surface area contributed by atoms with Crippen molar-refractivity contribution in [2.75, 3.05) is 11.1 Å². The lowest BCUT2D eigenvalue weighted by atomic mass is 10.1. The van der Waals surface area contributed by atoms with Crippen LogP contribution in [0.15, 0.2) is 23.2 Å². The maximum absolute atomic E-state index is 13.0. The van der Waals surface area contributed by atoms with Gasteiger partial charge in [-0.05, 0) is 37.0 Å². The Morgan fingerprint density at radius 1 is 1.39 bits per heavy atom. The minimum absolute atomic E-state index is 0.320. The number of anilines is 1. The zero-order valence-corrected chi connectivity index (χ0v) is 11.4. The molecule has 1 aliphatic heterocycles. The van der Waals surface area contributed by atoms with E-state index in [2.05, 4.69) is 5.32 Å². The van der Waals surface area contributed by atoms with Gasteiger partial charge < -0.3 is 5.32 Å². The van der Waals surface area contributed by atoms with Crippen molar-refractivity contribution in [2.24, 2.45) is 10.9 Å². The zero-order valence-electron chi connectivity index (χ0n) is 9.83. The van der Waals surface area contributed by atoms with Crippen LogP contribution in [-0.4, -0.2) is 17.0 Å². The molecule has 5 heteroatoms. The highest BCUT2D eigenvalue weighted by molar-refractivity contribution is 8.14. The van der Waals surface area contributed by atoms with E-state index in [1.807, 2.05) is 0 Å². The van der Waals surface area contributed by atoms with Crippen molar-refractivity contribution in [1.29, 1.82) is 0 Å². The van der Waals surface area contributed by atoms with Crippen LogP contribution >= 0.6 is 23.4 Å². The highest BCUT2D eigenvalue weighted by Crippen LogP contribution is 2.36. The van der Waals surface area contributed by atoms with E-state index in [-0.39, 0.29) is 5.82 Å². The lowest BCUT2D eigenvalue weighted by molar-refractivity contribution is 0.535. The van der Waals surface area contributed by atoms with Gasteiger partial charge in [0.25, 0.3) is 0 Å². The van der Waals surface area contributed by atoms with Crippen LogP contribution in [0.2, 0.25) is 5.02 Å². The van der Waals surface area contributed by atoms with E-state index in [9.17, 15) is 4.39 Å². The largest absolute Gasteiger partial charge is 0.334 e. The third kappa shape index (κ3) is 2.50. The van der Waals surface area contributed by atoms with Gasteiger partial charge in [-0.2, -0.15) is 0 Å². The van der Waals surface area contributed by atoms with Gasteiger partial charge in [0.2, 0.25) is 0 Å². The van der Waals surface area contributed by atoms with Crippen LogP contribution in [0.1, 0.15) is 19.3 Å². The Morgan fingerprint density at radius 3 is 3.11 bits per heavy atom. The molecule has 0 saturated heterocycles. The summed E-state index contributed by atoms with van der Waals surface area (Å²) in [5.41, 5.74) is 0.723. The maximum Gasteiger partial charge on any atom is 0.161 e. The summed E-state index contributed by atoms with van der Waals surface area (Å²) in [6, 6.07) is 4.84. The monoisotopic (exact) mass is 284 g/mol. The van der Waals surface area contributed by atoms with E-state index in [1.54, 1.807) is 17.8 Å². The smallest absolute Gasteiger partial charge is 0.161 e. The van der Waals surface area contributed by atoms with Crippen LogP contribution in [-0.2, 0) is 0 Å². The minimum atomic E-state index is -0.320. The Morgan fingerprint density at radius 2 is 2.28 bits per heavy atom. The van der Waals surface area contributed by atoms with Crippen molar-refractivity contribution in [3.8, 4) is 0 Å². The minimum Gasteiger partial charge on any atom is -0.334 e. The molecule has 0 aromatic heterocycles. The fourth-order valence-corrected chi connectivity index (χ4v) is 3.90. The lowest BCUT2D eigenvalue weighted by Crippen LogP contribution is -2.25. The predicted molar refractivity (Wildman–Crippen MR) is 76.1 cm³/mol. The van der Waals surface area contributed by atoms with Crippen molar-refractivity contribution >= 4 is 34.2 Å². The van der Waals surface area contributed by atoms with Crippen LogP contribution in [0.3, 0.4) is 0 Å². The Balaban J connectivity index is 1.76. The van der Waals surface area contributed by atoms with Gasteiger partial charge in [-0.3, -0.25) is 4.99 Å². The third-order valence-corrected chi connectivity index (χ3v) is 4.90. The molecular formula is C13H14ClFN2S. The van der Waals surface area contributed by atoms with E-state index >= 15 is 0 Å². The average Bonchev–Trinajstić information content (AvgIpc) is 2.80. The second-order valence-corrected chi connectivity index (χ2v) is 6.17. The van der Waals surface area contributed by atoms with E-state index in [0.29, 0.717) is 11.1 Å². The molecule has 2 unspecified atom stereocenters. The molecule has 0 amide bonds. The van der Waals surface area contributed by atoms with Gasteiger partial charge in [0.15, 0.2) is 5.17 Å². The molecule has 3 rings (SSSR count). The molecule has 2 nitrogen and oxygen atoms in total. The number of nitrogens with zero attached hydrogens (tertiary/aromatic N) is 1. The summed E-state index contributed by atoms with van der Waals surface area (Å²) in [6.45, 7) is 0. The Kier molecular flexibility index (Phi) is 3.48. The first kappa shape index (κ1) is 12.3. The van der Waals surface area contributed by atoms with E-state index in [1.165, 1.54) is 31.4 Å². The van der Waals surface area contributed by atoms with Crippen LogP contribution in [0.25, 0.3) is 0 Å². The van der Waals surface area contributed by atoms with Crippen molar-refractivity contribution in [3.63, 3.8) is 0 Å². The Labute approximate surface area is 115 Å². The Hall–Kier alpha value is -0.740. The van der Waals surface area contributed by atoms with Gasteiger partial charge in [-0.15, -0.1) is 0 Å². The molecule has 2 aliphatic rings. The molecule has 18 heavy (non-hydrogen) atoms. The molecule has 1 heterocycles. The van der Waals surface area contributed by atoms with Crippen molar-refractivity contribution in [1.82, 2.24) is 0 Å². The number of aliphatic imine (C=N–C) groups is 1. The highest BCUT2D eigenvalue weighted by atomic mass is 35.5. The van der Waals surface area contributed by atoms with Crippen LogP contribution in [0.5, 0.6) is 0 Å². The molecule has 0 spiro atoms. The number of hydrogen-bond acceptors (Lipinski definition) is 3. The summed E-state index contributed by atoms with van der Waals surface area (Å²) in [7, 11) is 0. The standard InChI is InChI=1S/C13H14ClFN2S/c14-10-6-9(15)4-5-12(10)17-13-16-11-3-1-2-8(11)7-18-13/h4-6,8,11H,1-3,7H2,(H,16,17). The number of thioether (sulfide) groups is 1. The molecule has 1 aromatic rings. The van der Waals surface area contributed by atoms with Gasteiger partial charge in [0.05, 0.1) is 16.8 Å². The van der Waals surface area contributed by atoms with Crippen molar-refractivity contribution < 1.29 is 4.39 Å². The number of amidine groups is 1. The normalized spacial score (nSPS) is 26.7. The molecule has 0 bridgehead atoms. The summed E-state index contributed by atoms with van der Waals surface area (Å²) in [5.74, 6) is 1.54. The number of fused-ring (bicyclic) bond motifs is 1. The van der Waals surface area contributed by atoms with Gasteiger partial charge in [-0.1, -0.05) is 29.8 Å². The molecule has 1 aliphatic carbocycles. The summed E-state index contributed by atoms with van der Waals surface area (Å²) < 4.78 is 13.0. The first-order valence-corrected chi connectivity index (χ1v) is 7.51. The highest BCUT2D eigenvalue weighted by Gasteiger charge is 2.31.